The molecule has 0 aliphatic heterocycles. The first-order valence-corrected chi connectivity index (χ1v) is 13.4. The van der Waals surface area contributed by atoms with Crippen LogP contribution in [0.2, 0.25) is 0 Å². The van der Waals surface area contributed by atoms with Crippen molar-refractivity contribution < 1.29 is 24.3 Å². The van der Waals surface area contributed by atoms with E-state index < -0.39 is 47.9 Å². The number of aliphatic carboxylic acids is 1. The molecule has 0 fully saturated rings. The van der Waals surface area contributed by atoms with E-state index in [1.54, 1.807) is 0 Å². The number of imidazole rings is 1. The molecule has 0 aromatic carbocycles. The molecule has 4 unspecified atom stereocenters. The summed E-state index contributed by atoms with van der Waals surface area (Å²) in [7, 11) is 0. The summed E-state index contributed by atoms with van der Waals surface area (Å²) in [5.41, 5.74) is 28.3. The molecule has 0 bridgehead atoms. The molecular weight excluding hydrogens is 522 g/mol. The van der Waals surface area contributed by atoms with Crippen LogP contribution in [-0.4, -0.2) is 88.5 Å². The lowest BCUT2D eigenvalue weighted by atomic mass is 10.0. The number of nitrogens with one attached hydrogen (secondary N) is 4. The molecule has 1 rings (SSSR count). The van der Waals surface area contributed by atoms with E-state index in [0.717, 1.165) is 0 Å². The number of aliphatic imine (C=N–C) groups is 1. The number of amides is 3. The summed E-state index contributed by atoms with van der Waals surface area (Å²) in [6, 6.07) is -4.21. The van der Waals surface area contributed by atoms with Gasteiger partial charge >= 0.3 is 5.97 Å². The van der Waals surface area contributed by atoms with E-state index in [1.807, 2.05) is 0 Å². The van der Waals surface area contributed by atoms with Gasteiger partial charge in [0.05, 0.1) is 12.4 Å². The highest BCUT2D eigenvalue weighted by molar-refractivity contribution is 5.94. The zero-order chi connectivity index (χ0) is 29.9. The van der Waals surface area contributed by atoms with Crippen molar-refractivity contribution in [2.75, 3.05) is 19.6 Å². The minimum absolute atomic E-state index is 0.0317. The molecule has 0 saturated heterocycles. The van der Waals surface area contributed by atoms with Crippen molar-refractivity contribution in [1.29, 1.82) is 0 Å². The first kappa shape index (κ1) is 34.3. The molecule has 3 amide bonds. The molecule has 16 nitrogen and oxygen atoms in total. The topological polar surface area (TPSA) is 296 Å². The Bertz CT molecular complexity index is 938. The van der Waals surface area contributed by atoms with Gasteiger partial charge < -0.3 is 54.7 Å². The van der Waals surface area contributed by atoms with E-state index in [9.17, 15) is 24.3 Å². The molecular formula is C24H45N11O5. The fourth-order valence-electron chi connectivity index (χ4n) is 3.81. The quantitative estimate of drug-likeness (QED) is 0.0409. The minimum atomic E-state index is -1.26. The zero-order valence-corrected chi connectivity index (χ0v) is 22.8. The van der Waals surface area contributed by atoms with E-state index in [-0.39, 0.29) is 31.8 Å². The van der Waals surface area contributed by atoms with Gasteiger partial charge in [0.1, 0.15) is 18.1 Å². The maximum atomic E-state index is 13.3. The maximum absolute atomic E-state index is 13.3. The van der Waals surface area contributed by atoms with Crippen molar-refractivity contribution >= 4 is 29.7 Å². The number of carbonyl (C=O) groups is 4. The molecule has 1 heterocycles. The third-order valence-electron chi connectivity index (χ3n) is 6.06. The average molecular weight is 568 g/mol. The molecule has 0 spiro atoms. The second-order valence-electron chi connectivity index (χ2n) is 9.43. The van der Waals surface area contributed by atoms with Crippen LogP contribution in [-0.2, 0) is 25.6 Å². The molecule has 40 heavy (non-hydrogen) atoms. The number of aromatic nitrogens is 2. The first-order chi connectivity index (χ1) is 19.1. The van der Waals surface area contributed by atoms with Crippen molar-refractivity contribution in [1.82, 2.24) is 25.9 Å². The minimum Gasteiger partial charge on any atom is -0.480 e. The summed E-state index contributed by atoms with van der Waals surface area (Å²) in [6.45, 7) is 1.08. The molecule has 4 atom stereocenters. The summed E-state index contributed by atoms with van der Waals surface area (Å²) in [5.74, 6) is -3.18. The number of carboxylic acids is 1. The number of aromatic amines is 1. The number of guanidine groups is 1. The number of hydrogen-bond donors (Lipinski definition) is 10. The number of nitrogens with two attached hydrogens (primary N) is 5. The predicted molar refractivity (Wildman–Crippen MR) is 149 cm³/mol. The number of nitrogens with zero attached hydrogens (tertiary/aromatic N) is 2. The third kappa shape index (κ3) is 13.9. The smallest absolute Gasteiger partial charge is 0.326 e. The Kier molecular flexibility index (Phi) is 16.6. The number of rotatable bonds is 21. The standard InChI is InChI=1S/C24H45N11O5/c25-9-3-1-6-16(27)20(36)33-18(8-5-11-31-24(28)29)21(37)34-17(7-2-4-10-26)22(38)35-19(23(39)40)12-15-13-30-14-32-15/h13-14,16-19H,1-12,25-27H2,(H,30,32)(H,33,36)(H,34,37)(H,35,38)(H,39,40)(H4,28,29,31). The normalized spacial score (nSPS) is 13.9. The first-order valence-electron chi connectivity index (χ1n) is 13.4. The van der Waals surface area contributed by atoms with Crippen LogP contribution in [0.1, 0.15) is 57.1 Å². The van der Waals surface area contributed by atoms with Crippen LogP contribution < -0.4 is 44.6 Å². The second-order valence-corrected chi connectivity index (χ2v) is 9.43. The van der Waals surface area contributed by atoms with Crippen LogP contribution in [0.25, 0.3) is 0 Å². The molecule has 1 aromatic rings. The van der Waals surface area contributed by atoms with Crippen LogP contribution >= 0.6 is 0 Å². The van der Waals surface area contributed by atoms with E-state index >= 15 is 0 Å². The van der Waals surface area contributed by atoms with Gasteiger partial charge in [0, 0.05) is 24.9 Å². The Morgan fingerprint density at radius 1 is 0.850 bits per heavy atom. The van der Waals surface area contributed by atoms with Gasteiger partial charge in [-0.3, -0.25) is 19.4 Å². The van der Waals surface area contributed by atoms with Crippen LogP contribution in [0.15, 0.2) is 17.5 Å². The fourth-order valence-corrected chi connectivity index (χ4v) is 3.81. The summed E-state index contributed by atoms with van der Waals surface area (Å²) >= 11 is 0. The van der Waals surface area contributed by atoms with Gasteiger partial charge in [0.25, 0.3) is 0 Å². The maximum Gasteiger partial charge on any atom is 0.326 e. The highest BCUT2D eigenvalue weighted by Crippen LogP contribution is 2.07. The highest BCUT2D eigenvalue weighted by Gasteiger charge is 2.30. The number of unbranched alkanes of at least 4 members (excludes halogenated alkanes) is 2. The van der Waals surface area contributed by atoms with Crippen LogP contribution in [0.3, 0.4) is 0 Å². The largest absolute Gasteiger partial charge is 0.480 e. The zero-order valence-electron chi connectivity index (χ0n) is 22.8. The SMILES string of the molecule is NCCCCC(N)C(=O)NC(CCCN=C(N)N)C(=O)NC(CCCCN)C(=O)NC(Cc1cnc[nH]1)C(=O)O. The van der Waals surface area contributed by atoms with Crippen LogP contribution in [0, 0.1) is 0 Å². The van der Waals surface area contributed by atoms with Gasteiger partial charge in [-0.25, -0.2) is 9.78 Å². The molecule has 1 aromatic heterocycles. The van der Waals surface area contributed by atoms with Gasteiger partial charge in [-0.05, 0) is 58.0 Å². The fraction of sp³-hybridized carbons (Fsp3) is 0.667. The molecule has 16 heteroatoms. The average Bonchev–Trinajstić information content (AvgIpc) is 3.42. The number of hydrogen-bond acceptors (Lipinski definition) is 9. The van der Waals surface area contributed by atoms with E-state index in [1.165, 1.54) is 12.5 Å². The Morgan fingerprint density at radius 3 is 1.93 bits per heavy atom. The second kappa shape index (κ2) is 19.3. The molecule has 226 valence electrons. The van der Waals surface area contributed by atoms with Crippen LogP contribution in [0.5, 0.6) is 0 Å². The predicted octanol–water partition coefficient (Wildman–Crippen LogP) is -2.87. The van der Waals surface area contributed by atoms with Gasteiger partial charge in [-0.2, -0.15) is 0 Å². The molecule has 0 aliphatic carbocycles. The van der Waals surface area contributed by atoms with E-state index in [4.69, 9.17) is 28.7 Å². The summed E-state index contributed by atoms with van der Waals surface area (Å²) in [4.78, 5) is 61.5. The van der Waals surface area contributed by atoms with Gasteiger partial charge in [-0.1, -0.05) is 6.42 Å². The summed E-state index contributed by atoms with van der Waals surface area (Å²) in [6.07, 6.45) is 6.40. The Labute approximate surface area is 233 Å². The molecule has 0 radical (unpaired) electrons. The monoisotopic (exact) mass is 567 g/mol. The molecule has 0 aliphatic rings. The highest BCUT2D eigenvalue weighted by atomic mass is 16.4. The van der Waals surface area contributed by atoms with Crippen molar-refractivity contribution in [3.05, 3.63) is 18.2 Å². The van der Waals surface area contributed by atoms with Crippen molar-refractivity contribution in [3.8, 4) is 0 Å². The van der Waals surface area contributed by atoms with Crippen molar-refractivity contribution in [2.24, 2.45) is 33.7 Å². The lowest BCUT2D eigenvalue weighted by Gasteiger charge is -2.25. The Morgan fingerprint density at radius 2 is 1.40 bits per heavy atom. The third-order valence-corrected chi connectivity index (χ3v) is 6.06. The summed E-state index contributed by atoms with van der Waals surface area (Å²) < 4.78 is 0. The number of H-pyrrole nitrogens is 1. The number of carbonyl (C=O) groups excluding carboxylic acids is 3. The van der Waals surface area contributed by atoms with Gasteiger partial charge in [0.15, 0.2) is 5.96 Å². The Hall–Kier alpha value is -3.76. The van der Waals surface area contributed by atoms with E-state index in [0.29, 0.717) is 57.3 Å². The summed E-state index contributed by atoms with van der Waals surface area (Å²) in [5, 5.41) is 17.4. The lowest BCUT2D eigenvalue weighted by Crippen LogP contribution is -2.57. The lowest BCUT2D eigenvalue weighted by molar-refractivity contribution is -0.142. The van der Waals surface area contributed by atoms with Gasteiger partial charge in [0.2, 0.25) is 17.7 Å². The van der Waals surface area contributed by atoms with E-state index in [2.05, 4.69) is 30.9 Å². The molecule has 15 N–H and O–H groups in total. The number of carboxylic acid groups (broad SMARTS) is 1. The Balaban J connectivity index is 3.00. The van der Waals surface area contributed by atoms with Crippen LogP contribution in [0.4, 0.5) is 0 Å². The molecule has 0 saturated carbocycles. The van der Waals surface area contributed by atoms with Gasteiger partial charge in [-0.15, -0.1) is 0 Å². The van der Waals surface area contributed by atoms with Crippen molar-refractivity contribution in [2.45, 2.75) is 82.0 Å². The van der Waals surface area contributed by atoms with Crippen molar-refractivity contribution in [3.63, 3.8) is 0 Å².